The zero-order chi connectivity index (χ0) is 40.4. The van der Waals surface area contributed by atoms with Crippen LogP contribution in [0, 0.1) is 0 Å². The average molecular weight is 899 g/mol. The van der Waals surface area contributed by atoms with Gasteiger partial charge in [-0.05, 0) is 0 Å². The van der Waals surface area contributed by atoms with Crippen molar-refractivity contribution < 1.29 is 18.0 Å². The van der Waals surface area contributed by atoms with Gasteiger partial charge in [-0.2, -0.15) is 0 Å². The Morgan fingerprint density at radius 2 is 1.17 bits per heavy atom. The van der Waals surface area contributed by atoms with E-state index in [1.165, 1.54) is 51.8 Å². The van der Waals surface area contributed by atoms with Crippen molar-refractivity contribution in [3.05, 3.63) is 6.33 Å². The first-order valence-corrected chi connectivity index (χ1v) is 37.0. The predicted octanol–water partition coefficient (Wildman–Crippen LogP) is 11.2. The zero-order valence-electron chi connectivity index (χ0n) is 37.5. The Bertz CT molecular complexity index is 1460. The van der Waals surface area contributed by atoms with E-state index in [0.717, 1.165) is 9.49 Å². The predicted molar refractivity (Wildman–Crippen MR) is 235 cm³/mol. The van der Waals surface area contributed by atoms with Crippen LogP contribution in [0.25, 0.3) is 11.2 Å². The molecular weight excluding hydrogens is 817 g/mol. The first-order chi connectivity index (χ1) is 24.2. The molecule has 9 nitrogen and oxygen atoms in total. The van der Waals surface area contributed by atoms with Crippen molar-refractivity contribution in [3.8, 4) is 0 Å². The van der Waals surface area contributed by atoms with E-state index < -0.39 is 49.6 Å². The summed E-state index contributed by atoms with van der Waals surface area (Å²) < 4.78 is 36.1. The van der Waals surface area contributed by atoms with E-state index >= 15 is 0 Å². The standard InChI is InChI=1S/C28H54N5O4Si3.3C4H9.Sn/c1-26(2,3)38(10,11)34-16-19-21(36-39(12,13)27(4,5)6)22(37-40(14,15)28(7,8)9)25(35-19)33-18-32-20-23(29)30-17-31-24(20)33;3*1-3-4-2;/h18-19,21-22,25H,16H2,1-15H3,(H2,29,30,31);3*1,3-4H2,2H3;/t19-,21-,22-,25?;;;;/m1..../s1. The van der Waals surface area contributed by atoms with Gasteiger partial charge in [0.05, 0.1) is 0 Å². The number of fused-ring (bicyclic) bond motifs is 1. The molecule has 0 bridgehead atoms. The summed E-state index contributed by atoms with van der Waals surface area (Å²) in [6, 6.07) is 0. The molecule has 0 aromatic carbocycles. The summed E-state index contributed by atoms with van der Waals surface area (Å²) in [7, 11) is -6.72. The summed E-state index contributed by atoms with van der Waals surface area (Å²) in [5, 5.41) is 0.0495. The number of hydrogen-bond acceptors (Lipinski definition) is 8. The van der Waals surface area contributed by atoms with Crippen LogP contribution < -0.4 is 9.57 Å². The van der Waals surface area contributed by atoms with Crippen molar-refractivity contribution in [2.75, 3.05) is 12.3 Å². The van der Waals surface area contributed by atoms with Crippen molar-refractivity contribution in [1.29, 1.82) is 0 Å². The first-order valence-electron chi connectivity index (χ1n) is 20.8. The van der Waals surface area contributed by atoms with E-state index in [1.54, 1.807) is 0 Å². The Kier molecular flexibility index (Phi) is 15.6. The van der Waals surface area contributed by atoms with Crippen molar-refractivity contribution in [2.24, 2.45) is 0 Å². The summed E-state index contributed by atoms with van der Waals surface area (Å²) in [6.45, 7) is 42.0. The molecule has 1 saturated heterocycles. The van der Waals surface area contributed by atoms with Gasteiger partial charge >= 0.3 is 334 Å². The molecule has 1 aliphatic heterocycles. The number of nitrogens with two attached hydrogens (primary N) is 1. The quantitative estimate of drug-likeness (QED) is 0.147. The summed E-state index contributed by atoms with van der Waals surface area (Å²) in [4.78, 5) is 15.6. The first kappa shape index (κ1) is 47.0. The number of ether oxygens (including phenoxy) is 1. The number of nitrogen functional groups attached to an aromatic ring is 1. The monoisotopic (exact) mass is 899 g/mol. The number of anilines is 1. The van der Waals surface area contributed by atoms with Crippen LogP contribution in [0.5, 0.6) is 0 Å². The Labute approximate surface area is 332 Å². The SMILES string of the molecule is CCC[CH2][Sn]([CH2]CCC)([CH2]CCC)[c]1nc(N)c2ncn(C3O[C@H](CO[Si](C)(C)C(C)(C)C)[C@@H](O[Si](C)(C)C(C)(C)C)[C@H]3O[Si](C)(C)C(C)(C)C)c2n1. The average Bonchev–Trinajstić information content (AvgIpc) is 3.59. The minimum absolute atomic E-state index is 0.00151. The molecule has 1 aliphatic rings. The van der Waals surface area contributed by atoms with E-state index in [9.17, 15) is 0 Å². The van der Waals surface area contributed by atoms with Gasteiger partial charge in [-0.1, -0.05) is 0 Å². The van der Waals surface area contributed by atoms with Crippen LogP contribution >= 0.6 is 0 Å². The molecule has 3 heterocycles. The fourth-order valence-corrected chi connectivity index (χ4v) is 25.0. The van der Waals surface area contributed by atoms with E-state index in [4.69, 9.17) is 38.7 Å². The number of unbranched alkanes of at least 4 members (excludes halogenated alkanes) is 3. The second-order valence-electron chi connectivity index (χ2n) is 20.7. The second kappa shape index (κ2) is 17.6. The maximum atomic E-state index is 7.49. The molecule has 53 heavy (non-hydrogen) atoms. The number of rotatable bonds is 18. The van der Waals surface area contributed by atoms with Gasteiger partial charge in [0.1, 0.15) is 0 Å². The third-order valence-electron chi connectivity index (χ3n) is 13.4. The topological polar surface area (TPSA) is 107 Å². The molecule has 1 fully saturated rings. The van der Waals surface area contributed by atoms with E-state index in [2.05, 4.69) is 127 Å². The van der Waals surface area contributed by atoms with Crippen LogP contribution in [0.2, 0.25) is 67.7 Å². The van der Waals surface area contributed by atoms with Crippen LogP contribution in [0.15, 0.2) is 6.33 Å². The number of imidazole rings is 1. The number of hydrogen-bond donors (Lipinski definition) is 1. The van der Waals surface area contributed by atoms with Crippen LogP contribution in [0.3, 0.4) is 0 Å². The van der Waals surface area contributed by atoms with Crippen LogP contribution in [-0.2, 0) is 18.0 Å². The molecule has 2 N–H and O–H groups in total. The van der Waals surface area contributed by atoms with E-state index in [-0.39, 0.29) is 33.4 Å². The third kappa shape index (κ3) is 10.8. The second-order valence-corrected chi connectivity index (χ2v) is 47.9. The van der Waals surface area contributed by atoms with Gasteiger partial charge in [-0.3, -0.25) is 0 Å². The van der Waals surface area contributed by atoms with Gasteiger partial charge in [0, 0.05) is 0 Å². The van der Waals surface area contributed by atoms with Gasteiger partial charge in [-0.15, -0.1) is 0 Å². The molecule has 13 heteroatoms. The molecule has 3 rings (SSSR count). The fourth-order valence-electron chi connectivity index (χ4n) is 6.49. The Morgan fingerprint density at radius 1 is 0.717 bits per heavy atom. The van der Waals surface area contributed by atoms with Gasteiger partial charge < -0.3 is 0 Å². The molecule has 4 atom stereocenters. The molecule has 0 aliphatic carbocycles. The van der Waals surface area contributed by atoms with Crippen molar-refractivity contribution in [3.63, 3.8) is 0 Å². The van der Waals surface area contributed by atoms with Crippen molar-refractivity contribution >= 4 is 64.2 Å². The van der Waals surface area contributed by atoms with Crippen molar-refractivity contribution in [1.82, 2.24) is 19.5 Å². The molecular formula is C40H81N5O4Si3Sn. The van der Waals surface area contributed by atoms with Gasteiger partial charge in [0.2, 0.25) is 0 Å². The molecule has 1 unspecified atom stereocenters. The van der Waals surface area contributed by atoms with E-state index in [0.29, 0.717) is 17.9 Å². The summed E-state index contributed by atoms with van der Waals surface area (Å²) in [5.41, 5.74) is 8.29. The normalized spacial score (nSPS) is 21.2. The molecule has 2 aromatic rings. The van der Waals surface area contributed by atoms with Crippen LogP contribution in [0.4, 0.5) is 5.82 Å². The van der Waals surface area contributed by atoms with Crippen LogP contribution in [0.1, 0.15) is 128 Å². The Balaban J connectivity index is 2.31. The Hall–Kier alpha value is -0.361. The van der Waals surface area contributed by atoms with Crippen molar-refractivity contribution in [2.45, 2.75) is 214 Å². The van der Waals surface area contributed by atoms with Gasteiger partial charge in [0.15, 0.2) is 0 Å². The van der Waals surface area contributed by atoms with Gasteiger partial charge in [0.25, 0.3) is 0 Å². The molecule has 306 valence electrons. The maximum absolute atomic E-state index is 7.49. The fraction of sp³-hybridized carbons (Fsp3) is 0.875. The molecule has 0 amide bonds. The zero-order valence-corrected chi connectivity index (χ0v) is 43.3. The van der Waals surface area contributed by atoms with Crippen LogP contribution in [-0.4, -0.2) is 87.8 Å². The molecule has 0 radical (unpaired) electrons. The van der Waals surface area contributed by atoms with Gasteiger partial charge in [-0.25, -0.2) is 0 Å². The summed E-state index contributed by atoms with van der Waals surface area (Å²) >= 11 is -3.06. The minimum atomic E-state index is -3.06. The summed E-state index contributed by atoms with van der Waals surface area (Å²) in [6.07, 6.45) is 7.54. The number of aromatic nitrogens is 4. The molecule has 0 spiro atoms. The third-order valence-corrected chi connectivity index (χ3v) is 41.4. The molecule has 2 aromatic heterocycles. The molecule has 0 saturated carbocycles. The summed E-state index contributed by atoms with van der Waals surface area (Å²) in [5.74, 6) is 0.487. The van der Waals surface area contributed by atoms with E-state index in [1.807, 2.05) is 6.33 Å². The number of nitrogens with zero attached hydrogens (tertiary/aromatic N) is 4. The Morgan fingerprint density at radius 3 is 1.60 bits per heavy atom.